The van der Waals surface area contributed by atoms with E-state index >= 15 is 0 Å². The van der Waals surface area contributed by atoms with Crippen LogP contribution < -0.4 is 5.73 Å². The predicted molar refractivity (Wildman–Crippen MR) is 49.2 cm³/mol. The van der Waals surface area contributed by atoms with E-state index in [1.165, 1.54) is 7.11 Å². The smallest absolute Gasteiger partial charge is 0.313 e. The van der Waals surface area contributed by atoms with Gasteiger partial charge in [-0.25, -0.2) is 0 Å². The minimum atomic E-state index is -0.339. The summed E-state index contributed by atoms with van der Waals surface area (Å²) in [7, 11) is 1.43. The molecule has 0 bridgehead atoms. The van der Waals surface area contributed by atoms with Crippen LogP contribution in [-0.2, 0) is 9.53 Å². The fourth-order valence-corrected chi connectivity index (χ4v) is 1.76. The number of methoxy groups -OCH3 is 1. The molecule has 2 N–H and O–H groups in total. The van der Waals surface area contributed by atoms with E-state index in [2.05, 4.69) is 0 Å². The Morgan fingerprint density at radius 3 is 2.33 bits per heavy atom. The molecule has 0 radical (unpaired) electrons. The van der Waals surface area contributed by atoms with Crippen molar-refractivity contribution in [2.45, 2.75) is 25.7 Å². The van der Waals surface area contributed by atoms with Crippen LogP contribution in [0.5, 0.6) is 0 Å². The van der Waals surface area contributed by atoms with Crippen molar-refractivity contribution in [1.29, 1.82) is 0 Å². The first kappa shape index (κ1) is 11.7. The summed E-state index contributed by atoms with van der Waals surface area (Å²) in [6.45, 7) is 0.430. The SMILES string of the molecule is COC(=O)C1(CN)CCCC1.Cl. The van der Waals surface area contributed by atoms with Gasteiger partial charge in [-0.3, -0.25) is 4.79 Å². The van der Waals surface area contributed by atoms with E-state index in [-0.39, 0.29) is 23.8 Å². The maximum absolute atomic E-state index is 11.3. The van der Waals surface area contributed by atoms with Crippen molar-refractivity contribution in [3.05, 3.63) is 0 Å². The zero-order chi connectivity index (χ0) is 8.32. The number of esters is 1. The van der Waals surface area contributed by atoms with Gasteiger partial charge in [0.2, 0.25) is 0 Å². The molecule has 0 aromatic rings. The van der Waals surface area contributed by atoms with Crippen LogP contribution in [0.2, 0.25) is 0 Å². The average Bonchev–Trinajstić information content (AvgIpc) is 2.52. The Hall–Kier alpha value is -0.280. The van der Waals surface area contributed by atoms with Crippen molar-refractivity contribution >= 4 is 18.4 Å². The highest BCUT2D eigenvalue weighted by atomic mass is 35.5. The second-order valence-corrected chi connectivity index (χ2v) is 3.18. The van der Waals surface area contributed by atoms with Crippen molar-refractivity contribution in [3.8, 4) is 0 Å². The Morgan fingerprint density at radius 2 is 2.00 bits per heavy atom. The summed E-state index contributed by atoms with van der Waals surface area (Å²) in [5.41, 5.74) is 5.21. The topological polar surface area (TPSA) is 52.3 Å². The zero-order valence-electron chi connectivity index (χ0n) is 7.34. The maximum atomic E-state index is 11.3. The molecular formula is C8H16ClNO2. The van der Waals surface area contributed by atoms with Gasteiger partial charge in [-0.15, -0.1) is 12.4 Å². The molecule has 72 valence electrons. The lowest BCUT2D eigenvalue weighted by atomic mass is 9.87. The lowest BCUT2D eigenvalue weighted by Gasteiger charge is -2.22. The Bertz CT molecular complexity index is 155. The standard InChI is InChI=1S/C8H15NO2.ClH/c1-11-7(10)8(6-9)4-2-3-5-8;/h2-6,9H2,1H3;1H. The molecule has 1 fully saturated rings. The molecule has 0 aromatic heterocycles. The average molecular weight is 194 g/mol. The summed E-state index contributed by atoms with van der Waals surface area (Å²) in [6, 6.07) is 0. The lowest BCUT2D eigenvalue weighted by Crippen LogP contribution is -2.36. The van der Waals surface area contributed by atoms with E-state index in [0.29, 0.717) is 6.54 Å². The van der Waals surface area contributed by atoms with E-state index in [1.807, 2.05) is 0 Å². The van der Waals surface area contributed by atoms with E-state index in [9.17, 15) is 4.79 Å². The van der Waals surface area contributed by atoms with Gasteiger partial charge in [0.15, 0.2) is 0 Å². The van der Waals surface area contributed by atoms with Gasteiger partial charge in [-0.2, -0.15) is 0 Å². The largest absolute Gasteiger partial charge is 0.469 e. The third-order valence-electron chi connectivity index (χ3n) is 2.57. The van der Waals surface area contributed by atoms with Gasteiger partial charge in [0.25, 0.3) is 0 Å². The molecule has 12 heavy (non-hydrogen) atoms. The van der Waals surface area contributed by atoms with Gasteiger partial charge in [-0.1, -0.05) is 12.8 Å². The summed E-state index contributed by atoms with van der Waals surface area (Å²) in [5.74, 6) is -0.127. The van der Waals surface area contributed by atoms with Crippen LogP contribution in [0.15, 0.2) is 0 Å². The highest BCUT2D eigenvalue weighted by Crippen LogP contribution is 2.37. The van der Waals surface area contributed by atoms with Crippen molar-refractivity contribution in [3.63, 3.8) is 0 Å². The Labute approximate surface area is 79.1 Å². The Morgan fingerprint density at radius 1 is 1.50 bits per heavy atom. The van der Waals surface area contributed by atoms with Crippen molar-refractivity contribution in [2.75, 3.05) is 13.7 Å². The number of nitrogens with two attached hydrogens (primary N) is 1. The molecule has 3 nitrogen and oxygen atoms in total. The molecule has 0 aromatic carbocycles. The molecule has 0 unspecified atom stereocenters. The highest BCUT2D eigenvalue weighted by Gasteiger charge is 2.40. The van der Waals surface area contributed by atoms with Crippen LogP contribution >= 0.6 is 12.4 Å². The lowest BCUT2D eigenvalue weighted by molar-refractivity contribution is -0.151. The highest BCUT2D eigenvalue weighted by molar-refractivity contribution is 5.85. The molecule has 0 aliphatic heterocycles. The quantitative estimate of drug-likeness (QED) is 0.669. The molecule has 0 atom stereocenters. The number of ether oxygens (including phenoxy) is 1. The molecule has 1 saturated carbocycles. The maximum Gasteiger partial charge on any atom is 0.313 e. The van der Waals surface area contributed by atoms with Gasteiger partial charge < -0.3 is 10.5 Å². The van der Waals surface area contributed by atoms with Crippen LogP contribution in [0, 0.1) is 5.41 Å². The van der Waals surface area contributed by atoms with Gasteiger partial charge in [0, 0.05) is 6.54 Å². The van der Waals surface area contributed by atoms with Gasteiger partial charge in [-0.05, 0) is 12.8 Å². The molecule has 0 amide bonds. The van der Waals surface area contributed by atoms with Crippen LogP contribution in [0.1, 0.15) is 25.7 Å². The van der Waals surface area contributed by atoms with E-state index < -0.39 is 0 Å². The molecule has 4 heteroatoms. The zero-order valence-corrected chi connectivity index (χ0v) is 8.15. The summed E-state index contributed by atoms with van der Waals surface area (Å²) in [5, 5.41) is 0. The van der Waals surface area contributed by atoms with E-state index in [4.69, 9.17) is 10.5 Å². The normalized spacial score (nSPS) is 19.8. The Kier molecular flexibility index (Phi) is 4.57. The van der Waals surface area contributed by atoms with E-state index in [0.717, 1.165) is 25.7 Å². The monoisotopic (exact) mass is 193 g/mol. The van der Waals surface area contributed by atoms with Crippen molar-refractivity contribution < 1.29 is 9.53 Å². The first-order valence-corrected chi connectivity index (χ1v) is 4.04. The van der Waals surface area contributed by atoms with Crippen LogP contribution in [0.3, 0.4) is 0 Å². The van der Waals surface area contributed by atoms with Crippen molar-refractivity contribution in [1.82, 2.24) is 0 Å². The minimum absolute atomic E-state index is 0. The van der Waals surface area contributed by atoms with Gasteiger partial charge >= 0.3 is 5.97 Å². The number of halogens is 1. The second kappa shape index (κ2) is 4.67. The summed E-state index contributed by atoms with van der Waals surface area (Å²) >= 11 is 0. The van der Waals surface area contributed by atoms with Crippen LogP contribution in [0.4, 0.5) is 0 Å². The fraction of sp³-hybridized carbons (Fsp3) is 0.875. The molecule has 1 rings (SSSR count). The van der Waals surface area contributed by atoms with Gasteiger partial charge in [0.1, 0.15) is 0 Å². The third-order valence-corrected chi connectivity index (χ3v) is 2.57. The number of carbonyl (C=O) groups is 1. The Balaban J connectivity index is 0.00000121. The number of carbonyl (C=O) groups excluding carboxylic acids is 1. The number of hydrogen-bond donors (Lipinski definition) is 1. The number of hydrogen-bond acceptors (Lipinski definition) is 3. The molecule has 1 aliphatic carbocycles. The first-order valence-electron chi connectivity index (χ1n) is 4.04. The van der Waals surface area contributed by atoms with Crippen LogP contribution in [-0.4, -0.2) is 19.6 Å². The predicted octanol–water partition coefficient (Wildman–Crippen LogP) is 1.10. The molecule has 0 heterocycles. The summed E-state index contributed by atoms with van der Waals surface area (Å²) in [4.78, 5) is 11.3. The second-order valence-electron chi connectivity index (χ2n) is 3.18. The van der Waals surface area contributed by atoms with Crippen LogP contribution in [0.25, 0.3) is 0 Å². The third kappa shape index (κ3) is 1.90. The molecule has 0 spiro atoms. The first-order chi connectivity index (χ1) is 5.25. The van der Waals surface area contributed by atoms with Crippen molar-refractivity contribution in [2.24, 2.45) is 11.1 Å². The minimum Gasteiger partial charge on any atom is -0.469 e. The fourth-order valence-electron chi connectivity index (χ4n) is 1.76. The van der Waals surface area contributed by atoms with Gasteiger partial charge in [0.05, 0.1) is 12.5 Å². The summed E-state index contributed by atoms with van der Waals surface area (Å²) in [6.07, 6.45) is 4.00. The molecule has 1 aliphatic rings. The molecular weight excluding hydrogens is 178 g/mol. The van der Waals surface area contributed by atoms with E-state index in [1.54, 1.807) is 0 Å². The summed E-state index contributed by atoms with van der Waals surface area (Å²) < 4.78 is 4.71. The number of rotatable bonds is 2. The molecule has 0 saturated heterocycles.